The summed E-state index contributed by atoms with van der Waals surface area (Å²) in [6.45, 7) is 0. The zero-order valence-corrected chi connectivity index (χ0v) is 9.88. The fraction of sp³-hybridized carbons (Fsp3) is 0.667. The van der Waals surface area contributed by atoms with E-state index in [0.717, 1.165) is 0 Å². The molecule has 0 aromatic heterocycles. The van der Waals surface area contributed by atoms with Gasteiger partial charge in [0.25, 0.3) is 0 Å². The fourth-order valence-corrected chi connectivity index (χ4v) is 2.61. The van der Waals surface area contributed by atoms with Crippen molar-refractivity contribution in [3.05, 3.63) is 0 Å². The standard InChI is InChI=1S/C6H12N2O4S2.2H2O/c7-3(5(9)10)1-13-14-2-4(8)6(11)12;;/h3-4H,1-2,7-8H2,(H,9,10)(H,11,12);2*1H2/t3-,4-;;/m0../s1. The Morgan fingerprint density at radius 1 is 0.938 bits per heavy atom. The van der Waals surface area contributed by atoms with Gasteiger partial charge in [0.2, 0.25) is 0 Å². The minimum Gasteiger partial charge on any atom is -0.480 e. The zero-order chi connectivity index (χ0) is 11.1. The zero-order valence-electron chi connectivity index (χ0n) is 8.25. The summed E-state index contributed by atoms with van der Waals surface area (Å²) < 4.78 is 0. The lowest BCUT2D eigenvalue weighted by molar-refractivity contribution is -0.138. The summed E-state index contributed by atoms with van der Waals surface area (Å²) in [6, 6.07) is -1.85. The van der Waals surface area contributed by atoms with Gasteiger partial charge in [-0.15, -0.1) is 0 Å². The first-order chi connectivity index (χ1) is 6.45. The Morgan fingerprint density at radius 2 is 1.19 bits per heavy atom. The van der Waals surface area contributed by atoms with Crippen LogP contribution in [0, 0.1) is 0 Å². The highest BCUT2D eigenvalue weighted by Crippen LogP contribution is 2.22. The third kappa shape index (κ3) is 10.0. The number of aliphatic carboxylic acids is 2. The van der Waals surface area contributed by atoms with Crippen LogP contribution in [0.4, 0.5) is 0 Å². The summed E-state index contributed by atoms with van der Waals surface area (Å²) in [5.41, 5.74) is 10.4. The summed E-state index contributed by atoms with van der Waals surface area (Å²) >= 11 is 0. The Hall–Kier alpha value is -0.520. The highest BCUT2D eigenvalue weighted by Gasteiger charge is 2.14. The van der Waals surface area contributed by atoms with E-state index in [1.54, 1.807) is 0 Å². The van der Waals surface area contributed by atoms with Gasteiger partial charge >= 0.3 is 11.9 Å². The predicted octanol–water partition coefficient (Wildman–Crippen LogP) is -2.46. The molecule has 0 bridgehead atoms. The molecular weight excluding hydrogens is 260 g/mol. The average molecular weight is 276 g/mol. The molecule has 0 heterocycles. The van der Waals surface area contributed by atoms with Gasteiger partial charge < -0.3 is 32.6 Å². The van der Waals surface area contributed by atoms with Gasteiger partial charge in [0.05, 0.1) is 0 Å². The van der Waals surface area contributed by atoms with Crippen LogP contribution in [-0.4, -0.2) is 56.7 Å². The molecule has 8 nitrogen and oxygen atoms in total. The number of hydrogen-bond donors (Lipinski definition) is 4. The molecule has 98 valence electrons. The largest absolute Gasteiger partial charge is 0.480 e. The van der Waals surface area contributed by atoms with Gasteiger partial charge in [-0.25, -0.2) is 0 Å². The molecule has 0 radical (unpaired) electrons. The van der Waals surface area contributed by atoms with Crippen LogP contribution in [0.5, 0.6) is 0 Å². The van der Waals surface area contributed by atoms with Crippen LogP contribution in [0.25, 0.3) is 0 Å². The van der Waals surface area contributed by atoms with Crippen molar-refractivity contribution in [2.24, 2.45) is 11.5 Å². The Labute approximate surface area is 99.8 Å². The molecule has 10 heteroatoms. The SMILES string of the molecule is N[C@@H](CSSC[C@H](N)C(=O)O)C(=O)O.O.O. The Morgan fingerprint density at radius 3 is 1.38 bits per heavy atom. The van der Waals surface area contributed by atoms with E-state index in [1.165, 1.54) is 21.6 Å². The maximum Gasteiger partial charge on any atom is 0.321 e. The molecule has 0 aliphatic rings. The molecule has 0 saturated carbocycles. The fourth-order valence-electron chi connectivity index (χ4n) is 0.385. The Balaban J connectivity index is -0.000000845. The van der Waals surface area contributed by atoms with Crippen LogP contribution in [0.1, 0.15) is 0 Å². The number of carboxylic acids is 2. The topological polar surface area (TPSA) is 190 Å². The predicted molar refractivity (Wildman–Crippen MR) is 63.4 cm³/mol. The van der Waals surface area contributed by atoms with Crippen molar-refractivity contribution in [1.82, 2.24) is 0 Å². The smallest absolute Gasteiger partial charge is 0.321 e. The highest BCUT2D eigenvalue weighted by molar-refractivity contribution is 8.76. The van der Waals surface area contributed by atoms with Crippen molar-refractivity contribution in [1.29, 1.82) is 0 Å². The second kappa shape index (κ2) is 11.0. The van der Waals surface area contributed by atoms with Crippen LogP contribution in [0.2, 0.25) is 0 Å². The van der Waals surface area contributed by atoms with Gasteiger partial charge in [-0.3, -0.25) is 9.59 Å². The summed E-state index contributed by atoms with van der Waals surface area (Å²) in [4.78, 5) is 20.5. The van der Waals surface area contributed by atoms with Gasteiger partial charge in [-0.2, -0.15) is 0 Å². The number of rotatable bonds is 7. The van der Waals surface area contributed by atoms with E-state index in [9.17, 15) is 9.59 Å². The number of carbonyl (C=O) groups is 2. The molecule has 0 aliphatic carbocycles. The van der Waals surface area contributed by atoms with E-state index in [2.05, 4.69) is 0 Å². The van der Waals surface area contributed by atoms with Crippen LogP contribution in [-0.2, 0) is 9.59 Å². The van der Waals surface area contributed by atoms with Crippen LogP contribution >= 0.6 is 21.6 Å². The number of hydrogen-bond acceptors (Lipinski definition) is 6. The van der Waals surface area contributed by atoms with E-state index < -0.39 is 24.0 Å². The Kier molecular flexibility index (Phi) is 14.3. The van der Waals surface area contributed by atoms with Gasteiger partial charge in [-0.1, -0.05) is 21.6 Å². The molecule has 0 aromatic rings. The van der Waals surface area contributed by atoms with Crippen molar-refractivity contribution in [2.45, 2.75) is 12.1 Å². The van der Waals surface area contributed by atoms with Gasteiger partial charge in [-0.05, 0) is 0 Å². The molecule has 0 fully saturated rings. The van der Waals surface area contributed by atoms with Crippen molar-refractivity contribution >= 4 is 33.5 Å². The van der Waals surface area contributed by atoms with E-state index in [-0.39, 0.29) is 22.5 Å². The van der Waals surface area contributed by atoms with Crippen molar-refractivity contribution in [2.75, 3.05) is 11.5 Å². The van der Waals surface area contributed by atoms with E-state index in [4.69, 9.17) is 21.7 Å². The Bertz CT molecular complexity index is 195. The molecule has 0 rings (SSSR count). The summed E-state index contributed by atoms with van der Waals surface area (Å²) in [7, 11) is 2.41. The lowest BCUT2D eigenvalue weighted by atomic mass is 10.4. The summed E-state index contributed by atoms with van der Waals surface area (Å²) in [6.07, 6.45) is 0. The second-order valence-corrected chi connectivity index (χ2v) is 5.01. The quantitative estimate of drug-likeness (QED) is 0.290. The molecule has 0 spiro atoms. The lowest BCUT2D eigenvalue weighted by Crippen LogP contribution is -2.33. The second-order valence-electron chi connectivity index (χ2n) is 2.46. The third-order valence-corrected chi connectivity index (χ3v) is 3.69. The number of carboxylic acid groups (broad SMARTS) is 2. The molecule has 0 unspecified atom stereocenters. The van der Waals surface area contributed by atoms with Crippen molar-refractivity contribution in [3.63, 3.8) is 0 Å². The van der Waals surface area contributed by atoms with Crippen LogP contribution < -0.4 is 11.5 Å². The van der Waals surface area contributed by atoms with E-state index in [1.807, 2.05) is 0 Å². The molecule has 2 atom stereocenters. The monoisotopic (exact) mass is 276 g/mol. The maximum absolute atomic E-state index is 10.3. The van der Waals surface area contributed by atoms with Crippen molar-refractivity contribution < 1.29 is 30.8 Å². The third-order valence-electron chi connectivity index (χ3n) is 1.21. The minimum atomic E-state index is -1.07. The average Bonchev–Trinajstić information content (AvgIpc) is 2.11. The summed E-state index contributed by atoms with van der Waals surface area (Å²) in [5.74, 6) is -1.68. The van der Waals surface area contributed by atoms with Crippen molar-refractivity contribution in [3.8, 4) is 0 Å². The van der Waals surface area contributed by atoms with Crippen LogP contribution in [0.15, 0.2) is 0 Å². The highest BCUT2D eigenvalue weighted by atomic mass is 33.1. The molecule has 0 amide bonds. The normalized spacial score (nSPS) is 12.9. The lowest BCUT2D eigenvalue weighted by Gasteiger charge is -2.07. The number of nitrogens with two attached hydrogens (primary N) is 2. The minimum absolute atomic E-state index is 0. The molecule has 16 heavy (non-hydrogen) atoms. The molecule has 0 saturated heterocycles. The van der Waals surface area contributed by atoms with Gasteiger partial charge in [0.15, 0.2) is 0 Å². The van der Waals surface area contributed by atoms with Gasteiger partial charge in [0, 0.05) is 11.5 Å². The summed E-state index contributed by atoms with van der Waals surface area (Å²) in [5, 5.41) is 16.8. The first-order valence-electron chi connectivity index (χ1n) is 3.66. The molecule has 0 aliphatic heterocycles. The van der Waals surface area contributed by atoms with E-state index >= 15 is 0 Å². The first-order valence-corrected chi connectivity index (χ1v) is 6.15. The van der Waals surface area contributed by atoms with E-state index in [0.29, 0.717) is 0 Å². The maximum atomic E-state index is 10.3. The van der Waals surface area contributed by atoms with Gasteiger partial charge in [0.1, 0.15) is 12.1 Å². The first kappa shape index (κ1) is 20.8. The molecular formula is C6H16N2O6S2. The molecule has 0 aromatic carbocycles. The molecule has 10 N–H and O–H groups in total. The van der Waals surface area contributed by atoms with Crippen LogP contribution in [0.3, 0.4) is 0 Å².